The molecule has 2 aromatic rings. The highest BCUT2D eigenvalue weighted by molar-refractivity contribution is 5.76. The van der Waals surface area contributed by atoms with Crippen molar-refractivity contribution in [3.63, 3.8) is 0 Å². The summed E-state index contributed by atoms with van der Waals surface area (Å²) in [6.07, 6.45) is -7.76. The Balaban J connectivity index is 2.08. The molecule has 0 N–H and O–H groups in total. The van der Waals surface area contributed by atoms with E-state index in [1.807, 2.05) is 30.3 Å². The van der Waals surface area contributed by atoms with E-state index in [-0.39, 0.29) is 26.4 Å². The van der Waals surface area contributed by atoms with Crippen LogP contribution in [0.4, 0.5) is 4.79 Å². The first-order valence-electron chi connectivity index (χ1n) is 13.7. The predicted octanol–water partition coefficient (Wildman–Crippen LogP) is 3.82. The summed E-state index contributed by atoms with van der Waals surface area (Å²) < 4.78 is 45.2. The van der Waals surface area contributed by atoms with E-state index >= 15 is 0 Å². The van der Waals surface area contributed by atoms with Gasteiger partial charge in [-0.05, 0) is 18.1 Å². The summed E-state index contributed by atoms with van der Waals surface area (Å²) in [4.78, 5) is 49.8. The van der Waals surface area contributed by atoms with Gasteiger partial charge in [-0.3, -0.25) is 9.59 Å². The van der Waals surface area contributed by atoms with Gasteiger partial charge in [0.25, 0.3) is 0 Å². The molecule has 2 aromatic carbocycles. The molecule has 0 spiro atoms. The first-order chi connectivity index (χ1) is 20.7. The van der Waals surface area contributed by atoms with Crippen molar-refractivity contribution >= 4 is 24.1 Å². The zero-order valence-corrected chi connectivity index (χ0v) is 24.2. The van der Waals surface area contributed by atoms with Crippen molar-refractivity contribution in [2.75, 3.05) is 19.8 Å². The molecule has 1 saturated heterocycles. The van der Waals surface area contributed by atoms with E-state index in [0.717, 1.165) is 12.5 Å². The molecule has 12 heteroatoms. The average Bonchev–Trinajstić information content (AvgIpc) is 2.99. The highest BCUT2D eigenvalue weighted by atomic mass is 16.8. The third-order valence-electron chi connectivity index (χ3n) is 6.06. The zero-order valence-electron chi connectivity index (χ0n) is 24.2. The topological polar surface area (TPSA) is 142 Å². The summed E-state index contributed by atoms with van der Waals surface area (Å²) in [5.41, 5.74) is 1.19. The fourth-order valence-corrected chi connectivity index (χ4v) is 4.26. The van der Waals surface area contributed by atoms with Gasteiger partial charge in [-0.2, -0.15) is 0 Å². The van der Waals surface area contributed by atoms with E-state index in [0.29, 0.717) is 5.56 Å². The van der Waals surface area contributed by atoms with Crippen LogP contribution >= 0.6 is 0 Å². The Morgan fingerprint density at radius 2 is 1.53 bits per heavy atom. The fourth-order valence-electron chi connectivity index (χ4n) is 4.26. The molecule has 1 aliphatic heterocycles. The quantitative estimate of drug-likeness (QED) is 0.177. The van der Waals surface area contributed by atoms with Gasteiger partial charge in [0, 0.05) is 13.8 Å². The van der Waals surface area contributed by atoms with Crippen LogP contribution in [0.3, 0.4) is 0 Å². The summed E-state index contributed by atoms with van der Waals surface area (Å²) in [7, 11) is 0. The minimum atomic E-state index is -1.53. The van der Waals surface area contributed by atoms with Gasteiger partial charge in [-0.25, -0.2) is 9.59 Å². The van der Waals surface area contributed by atoms with Gasteiger partial charge < -0.3 is 37.9 Å². The molecular formula is C31H36O12. The number of carbonyl (C=O) groups is 4. The average molecular weight is 601 g/mol. The molecule has 1 heterocycles. The monoisotopic (exact) mass is 600 g/mol. The van der Waals surface area contributed by atoms with Crippen molar-refractivity contribution in [3.05, 3.63) is 84.4 Å². The van der Waals surface area contributed by atoms with Gasteiger partial charge in [0.15, 0.2) is 18.3 Å². The van der Waals surface area contributed by atoms with Crippen LogP contribution in [-0.2, 0) is 58.9 Å². The Morgan fingerprint density at radius 3 is 2.14 bits per heavy atom. The summed E-state index contributed by atoms with van der Waals surface area (Å²) >= 11 is 0. The summed E-state index contributed by atoms with van der Waals surface area (Å²) in [5, 5.41) is 0. The third kappa shape index (κ3) is 10.2. The number of benzene rings is 2. The van der Waals surface area contributed by atoms with Crippen LogP contribution in [0.5, 0.6) is 0 Å². The molecule has 0 saturated carbocycles. The molecule has 0 aliphatic carbocycles. The zero-order chi connectivity index (χ0) is 31.2. The van der Waals surface area contributed by atoms with Crippen molar-refractivity contribution in [1.29, 1.82) is 0 Å². The lowest BCUT2D eigenvalue weighted by molar-refractivity contribution is -0.315. The molecule has 232 valence electrons. The second kappa shape index (κ2) is 17.0. The minimum Gasteiger partial charge on any atom is -0.464 e. The lowest BCUT2D eigenvalue weighted by Gasteiger charge is -2.45. The largest absolute Gasteiger partial charge is 0.509 e. The predicted molar refractivity (Wildman–Crippen MR) is 149 cm³/mol. The van der Waals surface area contributed by atoms with Gasteiger partial charge >= 0.3 is 24.1 Å². The molecule has 12 nitrogen and oxygen atoms in total. The van der Waals surface area contributed by atoms with E-state index in [1.165, 1.54) is 13.0 Å². The van der Waals surface area contributed by atoms with E-state index in [4.69, 9.17) is 37.9 Å². The standard InChI is InChI=1S/C31H36O12/c1-5-17-37-31(35)43-27-26(39-18-22-13-9-7-10-14-22)24(19-38-20(3)32)41-30(40-21(4)33)28(27)42-25(29(34)36-6-2)23-15-11-8-12-16-23/h5,7-16,24-28,30H,1,6,17-19H2,2-4H3/t24-,25-,26-,27+,28-,30?/m1/s1. The van der Waals surface area contributed by atoms with Crippen molar-refractivity contribution < 1.29 is 57.1 Å². The Kier molecular flexibility index (Phi) is 13.1. The highest BCUT2D eigenvalue weighted by Crippen LogP contribution is 2.34. The van der Waals surface area contributed by atoms with Gasteiger partial charge in [-0.15, -0.1) is 0 Å². The molecule has 0 aromatic heterocycles. The number of hydrogen-bond acceptors (Lipinski definition) is 12. The van der Waals surface area contributed by atoms with Crippen LogP contribution in [0.2, 0.25) is 0 Å². The van der Waals surface area contributed by atoms with Crippen LogP contribution < -0.4 is 0 Å². The molecule has 6 atom stereocenters. The maximum absolute atomic E-state index is 13.1. The second-order valence-electron chi connectivity index (χ2n) is 9.29. The summed E-state index contributed by atoms with van der Waals surface area (Å²) in [6, 6.07) is 17.6. The second-order valence-corrected chi connectivity index (χ2v) is 9.29. The van der Waals surface area contributed by atoms with Crippen molar-refractivity contribution in [2.24, 2.45) is 0 Å². The van der Waals surface area contributed by atoms with E-state index < -0.39 is 60.9 Å². The number of rotatable bonds is 14. The minimum absolute atomic E-state index is 0.0257. The van der Waals surface area contributed by atoms with Crippen molar-refractivity contribution in [1.82, 2.24) is 0 Å². The van der Waals surface area contributed by atoms with Crippen molar-refractivity contribution in [2.45, 2.75) is 64.2 Å². The fraction of sp³-hybridized carbons (Fsp3) is 0.419. The first-order valence-corrected chi connectivity index (χ1v) is 13.7. The Labute approximate surface area is 249 Å². The maximum Gasteiger partial charge on any atom is 0.509 e. The lowest BCUT2D eigenvalue weighted by Crippen LogP contribution is -2.63. The molecule has 0 radical (unpaired) electrons. The Bertz CT molecular complexity index is 1200. The molecule has 43 heavy (non-hydrogen) atoms. The van der Waals surface area contributed by atoms with Crippen molar-refractivity contribution in [3.8, 4) is 0 Å². The SMILES string of the molecule is C=CCOC(=O)O[C@H]1[C@H](OCc2ccccc2)[C@@H](COC(C)=O)OC(OC(C)=O)[C@@H]1O[C@@H](C(=O)OCC)c1ccccc1. The van der Waals surface area contributed by atoms with E-state index in [9.17, 15) is 19.2 Å². The van der Waals surface area contributed by atoms with Gasteiger partial charge in [-0.1, -0.05) is 73.3 Å². The Hall–Kier alpha value is -4.26. The summed E-state index contributed by atoms with van der Waals surface area (Å²) in [6.45, 7) is 7.09. The van der Waals surface area contributed by atoms with Gasteiger partial charge in [0.2, 0.25) is 6.29 Å². The van der Waals surface area contributed by atoms with Gasteiger partial charge in [0.1, 0.15) is 25.4 Å². The van der Waals surface area contributed by atoms with Crippen LogP contribution in [0.15, 0.2) is 73.3 Å². The lowest BCUT2D eigenvalue weighted by atomic mass is 9.97. The number of esters is 3. The van der Waals surface area contributed by atoms with Crippen LogP contribution in [0.1, 0.15) is 38.0 Å². The number of hydrogen-bond donors (Lipinski definition) is 0. The maximum atomic E-state index is 13.1. The highest BCUT2D eigenvalue weighted by Gasteiger charge is 2.53. The molecular weight excluding hydrogens is 564 g/mol. The number of carbonyl (C=O) groups excluding carboxylic acids is 4. The first kappa shape index (κ1) is 33.2. The van der Waals surface area contributed by atoms with Crippen LogP contribution in [-0.4, -0.2) is 74.6 Å². The number of ether oxygens (including phenoxy) is 8. The normalized spacial score (nSPS) is 22.0. The third-order valence-corrected chi connectivity index (χ3v) is 6.06. The molecule has 1 unspecified atom stereocenters. The molecule has 1 aliphatic rings. The molecule has 0 bridgehead atoms. The van der Waals surface area contributed by atoms with E-state index in [2.05, 4.69) is 6.58 Å². The molecule has 0 amide bonds. The van der Waals surface area contributed by atoms with Gasteiger partial charge in [0.05, 0.1) is 13.2 Å². The van der Waals surface area contributed by atoms with Crippen LogP contribution in [0, 0.1) is 0 Å². The molecule has 3 rings (SSSR count). The van der Waals surface area contributed by atoms with E-state index in [1.54, 1.807) is 37.3 Å². The Morgan fingerprint density at radius 1 is 0.860 bits per heavy atom. The smallest absolute Gasteiger partial charge is 0.464 e. The molecule has 1 fully saturated rings. The van der Waals surface area contributed by atoms with Crippen LogP contribution in [0.25, 0.3) is 0 Å². The summed E-state index contributed by atoms with van der Waals surface area (Å²) in [5.74, 6) is -2.11.